The standard InChI is InChI=1S/C20H17BrFN3O2/c21-16-7-3-14(4-8-16)20(26)25-11-1-2-15(12-25)19-24-23-18(27-19)13-5-9-17(22)10-6-13/h3-10,15H,1-2,11-12H2. The normalized spacial score (nSPS) is 17.1. The highest BCUT2D eigenvalue weighted by Gasteiger charge is 2.29. The molecule has 0 radical (unpaired) electrons. The van der Waals surface area contributed by atoms with Gasteiger partial charge in [-0.15, -0.1) is 10.2 Å². The maximum atomic E-state index is 13.1. The van der Waals surface area contributed by atoms with Crippen LogP contribution in [0.3, 0.4) is 0 Å². The van der Waals surface area contributed by atoms with E-state index in [1.165, 1.54) is 12.1 Å². The Hall–Kier alpha value is -2.54. The molecule has 2 heterocycles. The Morgan fingerprint density at radius 1 is 1.11 bits per heavy atom. The number of hydrogen-bond acceptors (Lipinski definition) is 4. The van der Waals surface area contributed by atoms with Gasteiger partial charge in [-0.2, -0.15) is 0 Å². The van der Waals surface area contributed by atoms with Gasteiger partial charge in [0.2, 0.25) is 11.8 Å². The van der Waals surface area contributed by atoms with E-state index in [2.05, 4.69) is 26.1 Å². The van der Waals surface area contributed by atoms with Crippen LogP contribution in [0.15, 0.2) is 57.4 Å². The molecule has 7 heteroatoms. The van der Waals surface area contributed by atoms with Crippen LogP contribution in [0.25, 0.3) is 11.5 Å². The van der Waals surface area contributed by atoms with Crippen LogP contribution in [0.1, 0.15) is 35.0 Å². The lowest BCUT2D eigenvalue weighted by atomic mass is 9.97. The van der Waals surface area contributed by atoms with Crippen molar-refractivity contribution in [1.82, 2.24) is 15.1 Å². The van der Waals surface area contributed by atoms with Gasteiger partial charge < -0.3 is 9.32 Å². The van der Waals surface area contributed by atoms with Crippen molar-refractivity contribution in [1.29, 1.82) is 0 Å². The molecule has 5 nitrogen and oxygen atoms in total. The highest BCUT2D eigenvalue weighted by atomic mass is 79.9. The summed E-state index contributed by atoms with van der Waals surface area (Å²) in [7, 11) is 0. The topological polar surface area (TPSA) is 59.2 Å². The molecule has 2 aromatic carbocycles. The molecular weight excluding hydrogens is 413 g/mol. The lowest BCUT2D eigenvalue weighted by Crippen LogP contribution is -2.39. The molecule has 0 N–H and O–H groups in total. The first kappa shape index (κ1) is 17.9. The summed E-state index contributed by atoms with van der Waals surface area (Å²) in [5, 5.41) is 8.24. The molecule has 0 aliphatic carbocycles. The van der Waals surface area contributed by atoms with Crippen LogP contribution in [-0.4, -0.2) is 34.1 Å². The molecule has 1 amide bonds. The number of nitrogens with zero attached hydrogens (tertiary/aromatic N) is 3. The predicted octanol–water partition coefficient (Wildman–Crippen LogP) is 4.66. The summed E-state index contributed by atoms with van der Waals surface area (Å²) in [5.41, 5.74) is 1.34. The number of carbonyl (C=O) groups excluding carboxylic acids is 1. The third kappa shape index (κ3) is 3.93. The van der Waals surface area contributed by atoms with E-state index in [-0.39, 0.29) is 17.6 Å². The van der Waals surface area contributed by atoms with Crippen molar-refractivity contribution in [3.8, 4) is 11.5 Å². The van der Waals surface area contributed by atoms with Crippen molar-refractivity contribution in [2.75, 3.05) is 13.1 Å². The summed E-state index contributed by atoms with van der Waals surface area (Å²) < 4.78 is 19.8. The summed E-state index contributed by atoms with van der Waals surface area (Å²) in [6, 6.07) is 13.3. The van der Waals surface area contributed by atoms with E-state index in [1.54, 1.807) is 12.1 Å². The van der Waals surface area contributed by atoms with Crippen LogP contribution in [0.2, 0.25) is 0 Å². The van der Waals surface area contributed by atoms with Gasteiger partial charge in [-0.1, -0.05) is 15.9 Å². The number of hydrogen-bond donors (Lipinski definition) is 0. The molecule has 138 valence electrons. The second-order valence-electron chi connectivity index (χ2n) is 6.55. The smallest absolute Gasteiger partial charge is 0.253 e. The summed E-state index contributed by atoms with van der Waals surface area (Å²) in [6.07, 6.45) is 1.76. The van der Waals surface area contributed by atoms with E-state index in [4.69, 9.17) is 4.42 Å². The Morgan fingerprint density at radius 3 is 2.59 bits per heavy atom. The summed E-state index contributed by atoms with van der Waals surface area (Å²) in [4.78, 5) is 14.6. The number of amides is 1. The van der Waals surface area contributed by atoms with E-state index >= 15 is 0 Å². The van der Waals surface area contributed by atoms with Gasteiger partial charge >= 0.3 is 0 Å². The predicted molar refractivity (Wildman–Crippen MR) is 102 cm³/mol. The average Bonchev–Trinajstić information content (AvgIpc) is 3.19. The highest BCUT2D eigenvalue weighted by Crippen LogP contribution is 2.29. The second kappa shape index (κ2) is 7.60. The molecule has 0 spiro atoms. The van der Waals surface area contributed by atoms with Crippen LogP contribution in [0.4, 0.5) is 4.39 Å². The van der Waals surface area contributed by atoms with Crippen LogP contribution in [-0.2, 0) is 0 Å². The molecule has 27 heavy (non-hydrogen) atoms. The van der Waals surface area contributed by atoms with Gasteiger partial charge in [0.15, 0.2) is 0 Å². The van der Waals surface area contributed by atoms with E-state index in [9.17, 15) is 9.18 Å². The fourth-order valence-electron chi connectivity index (χ4n) is 3.25. The molecule has 0 saturated carbocycles. The molecule has 1 saturated heterocycles. The molecule has 3 aromatic rings. The van der Waals surface area contributed by atoms with Crippen molar-refractivity contribution < 1.29 is 13.6 Å². The minimum Gasteiger partial charge on any atom is -0.420 e. The van der Waals surface area contributed by atoms with Gasteiger partial charge in [-0.25, -0.2) is 4.39 Å². The van der Waals surface area contributed by atoms with Gasteiger partial charge in [-0.05, 0) is 61.4 Å². The molecule has 1 fully saturated rings. The Morgan fingerprint density at radius 2 is 1.85 bits per heavy atom. The molecule has 1 atom stereocenters. The maximum Gasteiger partial charge on any atom is 0.253 e. The maximum absolute atomic E-state index is 13.1. The Bertz CT molecular complexity index is 941. The zero-order valence-electron chi connectivity index (χ0n) is 14.4. The van der Waals surface area contributed by atoms with Crippen LogP contribution in [0, 0.1) is 5.82 Å². The quantitative estimate of drug-likeness (QED) is 0.607. The number of carbonyl (C=O) groups is 1. The lowest BCUT2D eigenvalue weighted by Gasteiger charge is -2.31. The van der Waals surface area contributed by atoms with E-state index in [0.717, 1.165) is 17.3 Å². The fraction of sp³-hybridized carbons (Fsp3) is 0.250. The van der Waals surface area contributed by atoms with Crippen molar-refractivity contribution >= 4 is 21.8 Å². The van der Waals surface area contributed by atoms with Gasteiger partial charge in [0.05, 0.1) is 5.92 Å². The van der Waals surface area contributed by atoms with Gasteiger partial charge in [-0.3, -0.25) is 4.79 Å². The van der Waals surface area contributed by atoms with Crippen molar-refractivity contribution in [3.63, 3.8) is 0 Å². The molecule has 0 bridgehead atoms. The first-order chi connectivity index (χ1) is 13.1. The number of rotatable bonds is 3. The lowest BCUT2D eigenvalue weighted by molar-refractivity contribution is 0.0698. The highest BCUT2D eigenvalue weighted by molar-refractivity contribution is 9.10. The summed E-state index contributed by atoms with van der Waals surface area (Å²) in [5.74, 6) is 0.571. The zero-order valence-corrected chi connectivity index (χ0v) is 16.0. The monoisotopic (exact) mass is 429 g/mol. The molecule has 1 aromatic heterocycles. The zero-order chi connectivity index (χ0) is 18.8. The van der Waals surface area contributed by atoms with Crippen LogP contribution < -0.4 is 0 Å². The van der Waals surface area contributed by atoms with Crippen LogP contribution >= 0.6 is 15.9 Å². The number of halogens is 2. The minimum atomic E-state index is -0.312. The SMILES string of the molecule is O=C(c1ccc(Br)cc1)N1CCCC(c2nnc(-c3ccc(F)cc3)o2)C1. The Labute approximate surface area is 164 Å². The van der Waals surface area contributed by atoms with Crippen molar-refractivity contribution in [2.45, 2.75) is 18.8 Å². The molecular formula is C20H17BrFN3O2. The molecule has 1 unspecified atom stereocenters. The minimum absolute atomic E-state index is 0.000142. The van der Waals surface area contributed by atoms with Gasteiger partial charge in [0, 0.05) is 28.7 Å². The van der Waals surface area contributed by atoms with E-state index in [1.807, 2.05) is 29.2 Å². The second-order valence-corrected chi connectivity index (χ2v) is 7.47. The first-order valence-electron chi connectivity index (χ1n) is 8.74. The molecule has 1 aliphatic rings. The van der Waals surface area contributed by atoms with Crippen molar-refractivity contribution in [2.24, 2.45) is 0 Å². The van der Waals surface area contributed by atoms with E-state index in [0.29, 0.717) is 36.0 Å². The van der Waals surface area contributed by atoms with Crippen LogP contribution in [0.5, 0.6) is 0 Å². The number of piperidine rings is 1. The molecule has 1 aliphatic heterocycles. The third-order valence-corrected chi connectivity index (χ3v) is 5.21. The number of benzene rings is 2. The average molecular weight is 430 g/mol. The van der Waals surface area contributed by atoms with Crippen molar-refractivity contribution in [3.05, 3.63) is 70.3 Å². The van der Waals surface area contributed by atoms with E-state index < -0.39 is 0 Å². The largest absolute Gasteiger partial charge is 0.420 e. The number of likely N-dealkylation sites (tertiary alicyclic amines) is 1. The Kier molecular flexibility index (Phi) is 5.03. The number of aromatic nitrogens is 2. The van der Waals surface area contributed by atoms with Gasteiger partial charge in [0.25, 0.3) is 5.91 Å². The Balaban J connectivity index is 1.49. The molecule has 4 rings (SSSR count). The fourth-order valence-corrected chi connectivity index (χ4v) is 3.51. The first-order valence-corrected chi connectivity index (χ1v) is 9.53. The third-order valence-electron chi connectivity index (χ3n) is 4.68. The van der Waals surface area contributed by atoms with Gasteiger partial charge in [0.1, 0.15) is 5.82 Å². The summed E-state index contributed by atoms with van der Waals surface area (Å²) >= 11 is 3.38. The summed E-state index contributed by atoms with van der Waals surface area (Å²) in [6.45, 7) is 1.25.